The van der Waals surface area contributed by atoms with Crippen LogP contribution in [-0.2, 0) is 11.8 Å². The summed E-state index contributed by atoms with van der Waals surface area (Å²) in [6, 6.07) is 13.1. The smallest absolute Gasteiger partial charge is 0.135 e. The number of fused-ring (bicyclic) bond motifs is 2. The first-order valence-electron chi connectivity index (χ1n) is 11.7. The molecule has 7 nitrogen and oxygen atoms in total. The van der Waals surface area contributed by atoms with E-state index in [9.17, 15) is 5.11 Å². The molecule has 3 heterocycles. The Morgan fingerprint density at radius 3 is 2.58 bits per heavy atom. The molecule has 1 aliphatic rings. The van der Waals surface area contributed by atoms with Gasteiger partial charge in [-0.05, 0) is 30.3 Å². The number of nitrogens with zero attached hydrogens (tertiary/aromatic N) is 5. The Hall–Kier alpha value is -3.95. The third-order valence-electron chi connectivity index (χ3n) is 6.70. The molecule has 5 aromatic rings. The maximum Gasteiger partial charge on any atom is 0.135 e. The summed E-state index contributed by atoms with van der Waals surface area (Å²) >= 11 is 0. The number of ether oxygens (including phenoxy) is 1. The zero-order chi connectivity index (χ0) is 24.8. The van der Waals surface area contributed by atoms with Crippen molar-refractivity contribution in [3.8, 4) is 11.3 Å². The van der Waals surface area contributed by atoms with Gasteiger partial charge in [0.1, 0.15) is 24.1 Å². The van der Waals surface area contributed by atoms with Crippen LogP contribution in [0.2, 0.25) is 0 Å². The van der Waals surface area contributed by atoms with Gasteiger partial charge in [0.15, 0.2) is 0 Å². The summed E-state index contributed by atoms with van der Waals surface area (Å²) in [6.45, 7) is 2.87. The van der Waals surface area contributed by atoms with E-state index in [1.54, 1.807) is 30.1 Å². The highest BCUT2D eigenvalue weighted by molar-refractivity contribution is 5.94. The van der Waals surface area contributed by atoms with Crippen LogP contribution in [0.15, 0.2) is 61.2 Å². The molecular weight excluding hydrogens is 464 g/mol. The quantitative estimate of drug-likeness (QED) is 0.406. The van der Waals surface area contributed by atoms with Crippen LogP contribution >= 0.6 is 0 Å². The summed E-state index contributed by atoms with van der Waals surface area (Å²) < 4.78 is 37.3. The van der Waals surface area contributed by atoms with Gasteiger partial charge in [-0.2, -0.15) is 0 Å². The van der Waals surface area contributed by atoms with Gasteiger partial charge in [-0.15, -0.1) is 0 Å². The third-order valence-corrected chi connectivity index (χ3v) is 6.70. The Kier molecular flexibility index (Phi) is 5.58. The normalized spacial score (nSPS) is 15.1. The van der Waals surface area contributed by atoms with E-state index in [2.05, 4.69) is 19.9 Å². The maximum absolute atomic E-state index is 15.1. The van der Waals surface area contributed by atoms with Crippen molar-refractivity contribution in [3.05, 3.63) is 83.9 Å². The lowest BCUT2D eigenvalue weighted by atomic mass is 9.95. The van der Waals surface area contributed by atoms with Crippen molar-refractivity contribution in [2.45, 2.75) is 6.10 Å². The van der Waals surface area contributed by atoms with E-state index in [1.807, 2.05) is 24.3 Å². The van der Waals surface area contributed by atoms with E-state index in [1.165, 1.54) is 12.4 Å². The van der Waals surface area contributed by atoms with Crippen LogP contribution < -0.4 is 4.90 Å². The molecule has 182 valence electrons. The fourth-order valence-corrected chi connectivity index (χ4v) is 4.87. The number of halogens is 2. The second-order valence-corrected chi connectivity index (χ2v) is 8.85. The topological polar surface area (TPSA) is 76.3 Å². The average molecular weight is 488 g/mol. The number of hydrogen-bond donors (Lipinski definition) is 1. The summed E-state index contributed by atoms with van der Waals surface area (Å²) in [5, 5.41) is 11.9. The molecule has 1 saturated heterocycles. The number of aliphatic hydroxyl groups is 1. The van der Waals surface area contributed by atoms with Crippen LogP contribution in [0, 0.1) is 11.6 Å². The maximum atomic E-state index is 15.1. The number of para-hydroxylation sites is 1. The van der Waals surface area contributed by atoms with E-state index in [0.717, 1.165) is 24.8 Å². The number of aromatic nitrogens is 4. The summed E-state index contributed by atoms with van der Waals surface area (Å²) in [5.41, 5.74) is 3.86. The lowest BCUT2D eigenvalue weighted by molar-refractivity contribution is 0.122. The number of rotatable bonds is 4. The van der Waals surface area contributed by atoms with Crippen LogP contribution in [0.3, 0.4) is 0 Å². The van der Waals surface area contributed by atoms with Crippen molar-refractivity contribution in [1.29, 1.82) is 0 Å². The van der Waals surface area contributed by atoms with Gasteiger partial charge in [-0.3, -0.25) is 0 Å². The molecule has 9 heteroatoms. The Labute approximate surface area is 205 Å². The summed E-state index contributed by atoms with van der Waals surface area (Å²) in [7, 11) is 1.80. The lowest BCUT2D eigenvalue weighted by Gasteiger charge is -2.29. The molecule has 2 aromatic heterocycles. The number of anilines is 1. The molecule has 1 N–H and O–H groups in total. The molecule has 0 amide bonds. The molecule has 6 rings (SSSR count). The van der Waals surface area contributed by atoms with E-state index in [0.29, 0.717) is 46.4 Å². The SMILES string of the molecule is Cn1cnc2cccc(C(O)c3cc(-c4ncnc5cc(N6CCOCC6)ccc45)c(F)cc3F)c21. The summed E-state index contributed by atoms with van der Waals surface area (Å²) in [6.07, 6.45) is 1.67. The van der Waals surface area contributed by atoms with Crippen molar-refractivity contribution in [1.82, 2.24) is 19.5 Å². The fourth-order valence-electron chi connectivity index (χ4n) is 4.87. The van der Waals surface area contributed by atoms with Gasteiger partial charge in [0, 0.05) is 54.0 Å². The average Bonchev–Trinajstić information content (AvgIpc) is 3.29. The largest absolute Gasteiger partial charge is 0.383 e. The van der Waals surface area contributed by atoms with Crippen LogP contribution in [0.25, 0.3) is 33.2 Å². The monoisotopic (exact) mass is 487 g/mol. The molecule has 36 heavy (non-hydrogen) atoms. The van der Waals surface area contributed by atoms with Gasteiger partial charge >= 0.3 is 0 Å². The number of hydrogen-bond acceptors (Lipinski definition) is 6. The highest BCUT2D eigenvalue weighted by Crippen LogP contribution is 2.36. The number of morpholine rings is 1. The van der Waals surface area contributed by atoms with Crippen LogP contribution in [0.1, 0.15) is 17.2 Å². The van der Waals surface area contributed by atoms with Gasteiger partial charge in [0.25, 0.3) is 0 Å². The van der Waals surface area contributed by atoms with Gasteiger partial charge < -0.3 is 19.3 Å². The van der Waals surface area contributed by atoms with Gasteiger partial charge in [-0.1, -0.05) is 12.1 Å². The standard InChI is InChI=1S/C27H23F2N5O2/c1-33-15-32-23-4-2-3-18(26(23)33)27(35)20-12-19(21(28)13-22(20)29)25-17-6-5-16(11-24(17)30-14-31-25)34-7-9-36-10-8-34/h2-6,11-15,27,35H,7-10H2,1H3. The van der Waals surface area contributed by atoms with E-state index in [4.69, 9.17) is 4.74 Å². The van der Waals surface area contributed by atoms with E-state index >= 15 is 8.78 Å². The molecule has 1 atom stereocenters. The Balaban J connectivity index is 1.45. The molecule has 0 spiro atoms. The Bertz CT molecular complexity index is 1600. The molecule has 1 aliphatic heterocycles. The molecule has 3 aromatic carbocycles. The van der Waals surface area contributed by atoms with Crippen LogP contribution in [0.4, 0.5) is 14.5 Å². The highest BCUT2D eigenvalue weighted by Gasteiger charge is 2.23. The molecule has 0 radical (unpaired) electrons. The Morgan fingerprint density at radius 1 is 0.917 bits per heavy atom. The first-order valence-corrected chi connectivity index (χ1v) is 11.7. The highest BCUT2D eigenvalue weighted by atomic mass is 19.1. The van der Waals surface area contributed by atoms with Crippen molar-refractivity contribution >= 4 is 27.6 Å². The van der Waals surface area contributed by atoms with E-state index < -0.39 is 17.7 Å². The zero-order valence-electron chi connectivity index (χ0n) is 19.5. The minimum atomic E-state index is -1.33. The van der Waals surface area contributed by atoms with Gasteiger partial charge in [-0.25, -0.2) is 23.7 Å². The minimum absolute atomic E-state index is 0.0446. The second-order valence-electron chi connectivity index (χ2n) is 8.85. The third kappa shape index (κ3) is 3.77. The lowest BCUT2D eigenvalue weighted by Crippen LogP contribution is -2.36. The van der Waals surface area contributed by atoms with Crippen LogP contribution in [-0.4, -0.2) is 50.9 Å². The van der Waals surface area contributed by atoms with E-state index in [-0.39, 0.29) is 11.1 Å². The predicted molar refractivity (Wildman–Crippen MR) is 133 cm³/mol. The van der Waals surface area contributed by atoms with Crippen molar-refractivity contribution in [2.24, 2.45) is 7.05 Å². The van der Waals surface area contributed by atoms with Gasteiger partial charge in [0.2, 0.25) is 0 Å². The summed E-state index contributed by atoms with van der Waals surface area (Å²) in [4.78, 5) is 15.2. The first kappa shape index (κ1) is 22.5. The van der Waals surface area contributed by atoms with Crippen LogP contribution in [0.5, 0.6) is 0 Å². The molecule has 1 unspecified atom stereocenters. The molecule has 0 saturated carbocycles. The first-order chi connectivity index (χ1) is 17.5. The molecular formula is C27H23F2N5O2. The molecule has 1 fully saturated rings. The number of aliphatic hydroxyl groups excluding tert-OH is 1. The fraction of sp³-hybridized carbons (Fsp3) is 0.222. The number of aryl methyl sites for hydroxylation is 1. The minimum Gasteiger partial charge on any atom is -0.383 e. The van der Waals surface area contributed by atoms with Crippen molar-refractivity contribution in [2.75, 3.05) is 31.2 Å². The predicted octanol–water partition coefficient (Wildman–Crippen LogP) is 4.38. The van der Waals surface area contributed by atoms with Crippen molar-refractivity contribution < 1.29 is 18.6 Å². The van der Waals surface area contributed by atoms with Crippen molar-refractivity contribution in [3.63, 3.8) is 0 Å². The molecule has 0 bridgehead atoms. The zero-order valence-corrected chi connectivity index (χ0v) is 19.5. The Morgan fingerprint density at radius 2 is 1.75 bits per heavy atom. The number of imidazole rings is 1. The summed E-state index contributed by atoms with van der Waals surface area (Å²) in [5.74, 6) is -1.60. The second kappa shape index (κ2) is 8.92. The number of benzene rings is 3. The van der Waals surface area contributed by atoms with Gasteiger partial charge in [0.05, 0.1) is 41.8 Å². The molecule has 0 aliphatic carbocycles.